The van der Waals surface area contributed by atoms with E-state index in [0.717, 1.165) is 68.2 Å². The molecule has 0 bridgehead atoms. The third kappa shape index (κ3) is 24.2. The van der Waals surface area contributed by atoms with E-state index in [-0.39, 0.29) is 106 Å². The van der Waals surface area contributed by atoms with Crippen LogP contribution < -0.4 is 0 Å². The molecule has 6 heterocycles. The standard InChI is InChI=1S/C22H25N4.C15H7F3N5O2.C15H10N.C14H7N6O4.2C12H10N.3Ir/c1-11-9-19(17(7)15(5)13(11)3)21-23-25-22(26-24-21)20-10-12(2)14(4)16(6)18(20)8;16-15(17,18)11-5-1-9(2-6-11)13-19-21-14(22-20-13)10-3-7-12(8-4-10)23(24)25;1-2-7-13(8-3-1)15-14-9-5-4-6-12(14)10-11-16-15;21-19(22)11-5-1-9(2-6-11)13-15-17-14(18-16-13)10-3-7-12(8-4-10)20(23)24;2*1-10-5-4-6-11(9-10)12-7-2-3-8-13-12;;;/h9H,1-8H3;1,3-8H;1-7,9-11H;1-3,5-8H;2*2-5,7-9H,1H3;;;/q6*-1;;;. The summed E-state index contributed by atoms with van der Waals surface area (Å²) in [5, 5.41) is 82.6. The van der Waals surface area contributed by atoms with Crippen LogP contribution in [-0.4, -0.2) is 90.9 Å². The normalized spacial score (nSPS) is 10.4. The summed E-state index contributed by atoms with van der Waals surface area (Å²) in [5.74, 6) is 1.60. The van der Waals surface area contributed by atoms with Crippen LogP contribution in [0.2, 0.25) is 0 Å². The number of aryl methyl sites for hydroxylation is 4. The van der Waals surface area contributed by atoms with Crippen molar-refractivity contribution in [2.75, 3.05) is 0 Å². The molecule has 0 unspecified atom stereocenters. The van der Waals surface area contributed by atoms with Crippen molar-refractivity contribution in [1.82, 2.24) is 76.1 Å². The number of hydrogen-bond donors (Lipinski definition) is 0. The van der Waals surface area contributed by atoms with E-state index in [1.54, 1.807) is 12.4 Å². The first kappa shape index (κ1) is 92.2. The molecule has 0 spiro atoms. The topological polar surface area (TPSA) is 323 Å². The van der Waals surface area contributed by atoms with E-state index in [2.05, 4.69) is 212 Å². The second kappa shape index (κ2) is 43.2. The molecule has 16 aromatic rings. The molecule has 0 N–H and O–H groups in total. The summed E-state index contributed by atoms with van der Waals surface area (Å²) in [6.07, 6.45) is 0.988. The average molecular weight is 2130 g/mol. The third-order valence-corrected chi connectivity index (χ3v) is 18.5. The Hall–Kier alpha value is -13.3. The van der Waals surface area contributed by atoms with Crippen molar-refractivity contribution in [2.24, 2.45) is 0 Å². The van der Waals surface area contributed by atoms with Gasteiger partial charge in [0.25, 0.3) is 11.4 Å². The van der Waals surface area contributed by atoms with Crippen molar-refractivity contribution in [1.29, 1.82) is 0 Å². The predicted molar refractivity (Wildman–Crippen MR) is 437 cm³/mol. The third-order valence-electron chi connectivity index (χ3n) is 18.5. The van der Waals surface area contributed by atoms with E-state index in [1.165, 1.54) is 128 Å². The first-order valence-corrected chi connectivity index (χ1v) is 35.9. The maximum Gasteiger partial charge on any atom is 0.381 e. The van der Waals surface area contributed by atoms with Crippen molar-refractivity contribution in [3.63, 3.8) is 0 Å². The summed E-state index contributed by atoms with van der Waals surface area (Å²) in [4.78, 5) is 43.2. The van der Waals surface area contributed by atoms with Crippen LogP contribution in [0.15, 0.2) is 237 Å². The van der Waals surface area contributed by atoms with Gasteiger partial charge >= 0.3 is 6.18 Å². The van der Waals surface area contributed by atoms with E-state index in [1.807, 2.05) is 109 Å². The molecular formula is C90H69F3Ir3N18O6-6. The maximum absolute atomic E-state index is 12.5. The van der Waals surface area contributed by atoms with Gasteiger partial charge in [-0.1, -0.05) is 108 Å². The Bertz CT molecular complexity index is 5890. The van der Waals surface area contributed by atoms with E-state index < -0.39 is 26.5 Å². The first-order chi connectivity index (χ1) is 56.3. The van der Waals surface area contributed by atoms with Crippen molar-refractivity contribution < 1.29 is 88.3 Å². The first-order valence-electron chi connectivity index (χ1n) is 35.9. The summed E-state index contributed by atoms with van der Waals surface area (Å²) >= 11 is 0. The van der Waals surface area contributed by atoms with Gasteiger partial charge in [-0.15, -0.1) is 213 Å². The van der Waals surface area contributed by atoms with Gasteiger partial charge in [-0.05, 0) is 132 Å². The van der Waals surface area contributed by atoms with Gasteiger partial charge in [0, 0.05) is 125 Å². The molecule has 0 aliphatic rings. The van der Waals surface area contributed by atoms with Crippen LogP contribution in [0.25, 0.3) is 113 Å². The summed E-state index contributed by atoms with van der Waals surface area (Å²) in [6, 6.07) is 80.2. The second-order valence-corrected chi connectivity index (χ2v) is 26.2. The number of rotatable bonds is 12. The van der Waals surface area contributed by atoms with Gasteiger partial charge in [0.2, 0.25) is 17.5 Å². The molecule has 10 aromatic carbocycles. The van der Waals surface area contributed by atoms with Crippen molar-refractivity contribution in [3.8, 4) is 102 Å². The average Bonchev–Trinajstić information content (AvgIpc) is 0.785. The molecule has 3 radical (unpaired) electrons. The molecule has 0 aliphatic heterocycles. The van der Waals surface area contributed by atoms with Crippen molar-refractivity contribution in [3.05, 3.63) is 365 Å². The number of nitro benzene ring substituents is 3. The van der Waals surface area contributed by atoms with Gasteiger partial charge in [0.1, 0.15) is 17.5 Å². The number of nitrogens with zero attached hydrogens (tertiary/aromatic N) is 18. The maximum atomic E-state index is 12.5. The number of non-ortho nitro benzene ring substituents is 3. The Morgan fingerprint density at radius 2 is 0.800 bits per heavy atom. The smallest absolute Gasteiger partial charge is 0.305 e. The molecule has 0 fully saturated rings. The summed E-state index contributed by atoms with van der Waals surface area (Å²) in [7, 11) is 0. The van der Waals surface area contributed by atoms with Crippen LogP contribution in [0.1, 0.15) is 61.2 Å². The Morgan fingerprint density at radius 3 is 1.25 bits per heavy atom. The molecule has 0 saturated heterocycles. The van der Waals surface area contributed by atoms with Crippen LogP contribution in [0.3, 0.4) is 0 Å². The molecule has 609 valence electrons. The number of benzene rings is 10. The summed E-state index contributed by atoms with van der Waals surface area (Å²) < 4.78 is 37.6. The number of halogens is 3. The summed E-state index contributed by atoms with van der Waals surface area (Å²) in [5.41, 5.74) is 20.7. The Labute approximate surface area is 729 Å². The molecular weight excluding hydrogens is 2060 g/mol. The minimum absolute atomic E-state index is 0. The van der Waals surface area contributed by atoms with Crippen LogP contribution >= 0.6 is 0 Å². The van der Waals surface area contributed by atoms with Gasteiger partial charge in [-0.2, -0.15) is 43.8 Å². The SMILES string of the molecule is Cc1[c-]c(-c2nnc(-c3cc(C)c(C)c(C)c3C)nn2)c(C)c(C)c1C.Cc1cc[c-]c(-c2ccccn2)c1.Cc1cc[c-]c(-c2ccccn2)c1.O=[N+]([O-])c1c[c-]c(-c2nnc(-c3ccc([N+](=O)[O-])cc3)nn2)cc1.O=[N+]([O-])c1ccc(-c2nnc(-c3[c-]cc(C(F)(F)F)cc3)nn2)cc1.[Ir].[Ir].[Ir].[c-]1ccccc1-c1nccc2ccccc12. The van der Waals surface area contributed by atoms with Crippen molar-refractivity contribution in [2.45, 2.75) is 75.4 Å². The fourth-order valence-corrected chi connectivity index (χ4v) is 11.4. The number of alkyl halides is 3. The van der Waals surface area contributed by atoms with E-state index in [0.29, 0.717) is 28.3 Å². The van der Waals surface area contributed by atoms with Gasteiger partial charge in [-0.3, -0.25) is 30.3 Å². The Morgan fingerprint density at radius 1 is 0.350 bits per heavy atom. The zero-order chi connectivity index (χ0) is 83.3. The van der Waals surface area contributed by atoms with E-state index in [9.17, 15) is 43.5 Å². The molecule has 0 amide bonds. The fourth-order valence-electron chi connectivity index (χ4n) is 11.4. The molecule has 0 atom stereocenters. The number of nitro groups is 3. The molecule has 6 aromatic heterocycles. The Balaban J connectivity index is 0.000000182. The fraction of sp³-hybridized carbons (Fsp3) is 0.122. The molecule has 0 saturated carbocycles. The molecule has 120 heavy (non-hydrogen) atoms. The van der Waals surface area contributed by atoms with Crippen LogP contribution in [0.5, 0.6) is 0 Å². The minimum atomic E-state index is -4.45. The van der Waals surface area contributed by atoms with Crippen LogP contribution in [0.4, 0.5) is 30.2 Å². The van der Waals surface area contributed by atoms with Gasteiger partial charge in [0.05, 0.1) is 9.85 Å². The van der Waals surface area contributed by atoms with Crippen LogP contribution in [-0.2, 0) is 66.5 Å². The number of aromatic nitrogens is 15. The number of fused-ring (bicyclic) bond motifs is 1. The molecule has 24 nitrogen and oxygen atoms in total. The number of pyridine rings is 3. The minimum Gasteiger partial charge on any atom is -0.305 e. The summed E-state index contributed by atoms with van der Waals surface area (Å²) in [6.45, 7) is 21.0. The quantitative estimate of drug-likeness (QED) is 0.0623. The second-order valence-electron chi connectivity index (χ2n) is 26.2. The zero-order valence-electron chi connectivity index (χ0n) is 65.6. The zero-order valence-corrected chi connectivity index (χ0v) is 72.8. The molecule has 0 aliphatic carbocycles. The van der Waals surface area contributed by atoms with Crippen LogP contribution in [0, 0.1) is 136 Å². The van der Waals surface area contributed by atoms with E-state index in [4.69, 9.17) is 0 Å². The van der Waals surface area contributed by atoms with Crippen molar-refractivity contribution >= 4 is 27.8 Å². The van der Waals surface area contributed by atoms with E-state index >= 15 is 0 Å². The molecule has 16 rings (SSSR count). The predicted octanol–water partition coefficient (Wildman–Crippen LogP) is 19.8. The number of hydrogen-bond acceptors (Lipinski definition) is 21. The van der Waals surface area contributed by atoms with Gasteiger partial charge in [0.15, 0.2) is 5.69 Å². The van der Waals surface area contributed by atoms with Gasteiger partial charge in [-0.25, -0.2) is 0 Å². The monoisotopic (exact) mass is 2130 g/mol. The van der Waals surface area contributed by atoms with Gasteiger partial charge < -0.3 is 15.0 Å². The molecule has 30 heteroatoms. The Kier molecular flexibility index (Phi) is 33.2. The largest absolute Gasteiger partial charge is 0.381 e.